The van der Waals surface area contributed by atoms with Gasteiger partial charge in [-0.2, -0.15) is 0 Å². The van der Waals surface area contributed by atoms with Crippen LogP contribution in [0.25, 0.3) is 0 Å². The monoisotopic (exact) mass is 368 g/mol. The number of nitrogens with zero attached hydrogens (tertiary/aromatic N) is 3. The zero-order valence-electron chi connectivity index (χ0n) is 15.6. The molecule has 4 nitrogen and oxygen atoms in total. The Bertz CT molecular complexity index is 748. The van der Waals surface area contributed by atoms with Crippen LogP contribution in [0.15, 0.2) is 42.9 Å². The molecule has 0 amide bonds. The Balaban J connectivity index is 1.68. The van der Waals surface area contributed by atoms with Crippen LogP contribution in [0.3, 0.4) is 0 Å². The SMILES string of the molecule is CC(C)CN1C(=S)NC(c2ccccn2)C1c1ccn(C2CCCC2)c1. The zero-order chi connectivity index (χ0) is 18.1. The van der Waals surface area contributed by atoms with E-state index in [1.165, 1.54) is 31.2 Å². The summed E-state index contributed by atoms with van der Waals surface area (Å²) in [5, 5.41) is 4.38. The molecule has 1 aliphatic carbocycles. The molecule has 2 unspecified atom stereocenters. The van der Waals surface area contributed by atoms with E-state index in [1.807, 2.05) is 12.3 Å². The van der Waals surface area contributed by atoms with Crippen LogP contribution in [-0.2, 0) is 0 Å². The minimum Gasteiger partial charge on any atom is -0.352 e. The first kappa shape index (κ1) is 17.5. The van der Waals surface area contributed by atoms with Crippen LogP contribution in [0.4, 0.5) is 0 Å². The number of nitrogens with one attached hydrogen (secondary N) is 1. The molecule has 2 fully saturated rings. The molecule has 3 heterocycles. The van der Waals surface area contributed by atoms with Gasteiger partial charge in [-0.1, -0.05) is 32.8 Å². The number of rotatable bonds is 5. The lowest BCUT2D eigenvalue weighted by Gasteiger charge is -2.28. The molecular weight excluding hydrogens is 340 g/mol. The molecule has 1 saturated carbocycles. The van der Waals surface area contributed by atoms with E-state index in [9.17, 15) is 0 Å². The lowest BCUT2D eigenvalue weighted by molar-refractivity contribution is 0.287. The molecule has 0 spiro atoms. The average Bonchev–Trinajstić information content (AvgIpc) is 3.36. The second-order valence-corrected chi connectivity index (χ2v) is 8.39. The molecule has 0 bridgehead atoms. The normalized spacial score (nSPS) is 23.8. The highest BCUT2D eigenvalue weighted by Crippen LogP contribution is 2.40. The quantitative estimate of drug-likeness (QED) is 0.780. The Hall–Kier alpha value is -1.88. The van der Waals surface area contributed by atoms with E-state index in [-0.39, 0.29) is 12.1 Å². The topological polar surface area (TPSA) is 33.1 Å². The van der Waals surface area contributed by atoms with E-state index < -0.39 is 0 Å². The van der Waals surface area contributed by atoms with Gasteiger partial charge in [0.15, 0.2) is 5.11 Å². The number of hydrogen-bond donors (Lipinski definition) is 1. The first-order valence-corrected chi connectivity index (χ1v) is 10.2. The van der Waals surface area contributed by atoms with Crippen molar-refractivity contribution in [1.82, 2.24) is 19.8 Å². The fourth-order valence-electron chi connectivity index (χ4n) is 4.39. The maximum absolute atomic E-state index is 5.71. The lowest BCUT2D eigenvalue weighted by Crippen LogP contribution is -2.32. The molecule has 1 aliphatic heterocycles. The fraction of sp³-hybridized carbons (Fsp3) is 0.524. The highest BCUT2D eigenvalue weighted by molar-refractivity contribution is 7.80. The number of aromatic nitrogens is 2. The third-order valence-corrected chi connectivity index (χ3v) is 5.94. The van der Waals surface area contributed by atoms with Crippen molar-refractivity contribution in [2.24, 2.45) is 5.92 Å². The molecule has 0 radical (unpaired) electrons. The molecule has 5 heteroatoms. The van der Waals surface area contributed by atoms with E-state index in [2.05, 4.69) is 64.2 Å². The van der Waals surface area contributed by atoms with E-state index in [0.29, 0.717) is 12.0 Å². The van der Waals surface area contributed by atoms with Gasteiger partial charge in [0.2, 0.25) is 0 Å². The van der Waals surface area contributed by atoms with Gasteiger partial charge in [0.25, 0.3) is 0 Å². The third-order valence-electron chi connectivity index (χ3n) is 5.58. The molecule has 2 aromatic heterocycles. The minimum atomic E-state index is 0.0990. The van der Waals surface area contributed by atoms with Crippen molar-refractivity contribution < 1.29 is 0 Å². The molecule has 4 rings (SSSR count). The minimum absolute atomic E-state index is 0.0990. The molecule has 138 valence electrons. The van der Waals surface area contributed by atoms with Crippen LogP contribution in [0.1, 0.15) is 68.9 Å². The predicted molar refractivity (Wildman–Crippen MR) is 109 cm³/mol. The summed E-state index contributed by atoms with van der Waals surface area (Å²) in [6.07, 6.45) is 11.8. The molecule has 0 aromatic carbocycles. The lowest BCUT2D eigenvalue weighted by atomic mass is 9.98. The summed E-state index contributed by atoms with van der Waals surface area (Å²) in [7, 11) is 0. The molecule has 1 N–H and O–H groups in total. The molecule has 26 heavy (non-hydrogen) atoms. The Morgan fingerprint density at radius 2 is 2.04 bits per heavy atom. The van der Waals surface area contributed by atoms with Crippen molar-refractivity contribution in [2.45, 2.75) is 57.7 Å². The average molecular weight is 369 g/mol. The fourth-order valence-corrected chi connectivity index (χ4v) is 4.71. The number of thiocarbonyl (C=S) groups is 1. The van der Waals surface area contributed by atoms with Crippen LogP contribution < -0.4 is 5.32 Å². The predicted octanol–water partition coefficient (Wildman–Crippen LogP) is 4.63. The summed E-state index contributed by atoms with van der Waals surface area (Å²) in [4.78, 5) is 6.97. The number of pyridine rings is 1. The Morgan fingerprint density at radius 3 is 2.73 bits per heavy atom. The van der Waals surface area contributed by atoms with E-state index in [0.717, 1.165) is 17.4 Å². The van der Waals surface area contributed by atoms with Gasteiger partial charge in [-0.25, -0.2) is 0 Å². The van der Waals surface area contributed by atoms with Crippen LogP contribution in [0, 0.1) is 5.92 Å². The second-order valence-electron chi connectivity index (χ2n) is 8.00. The van der Waals surface area contributed by atoms with E-state index >= 15 is 0 Å². The van der Waals surface area contributed by atoms with Crippen molar-refractivity contribution >= 4 is 17.3 Å². The molecule has 1 saturated heterocycles. The first-order valence-electron chi connectivity index (χ1n) is 9.79. The summed E-state index contributed by atoms with van der Waals surface area (Å²) in [6, 6.07) is 9.36. The van der Waals surface area contributed by atoms with Gasteiger partial charge in [0.1, 0.15) is 0 Å². The van der Waals surface area contributed by atoms with Crippen molar-refractivity contribution in [3.8, 4) is 0 Å². The highest BCUT2D eigenvalue weighted by Gasteiger charge is 2.40. The van der Waals surface area contributed by atoms with Crippen LogP contribution in [0.2, 0.25) is 0 Å². The van der Waals surface area contributed by atoms with Crippen molar-refractivity contribution in [1.29, 1.82) is 0 Å². The van der Waals surface area contributed by atoms with Crippen LogP contribution in [0.5, 0.6) is 0 Å². The zero-order valence-corrected chi connectivity index (χ0v) is 16.5. The second kappa shape index (κ2) is 7.39. The van der Waals surface area contributed by atoms with Gasteiger partial charge in [-0.3, -0.25) is 4.98 Å². The molecule has 2 atom stereocenters. The largest absolute Gasteiger partial charge is 0.352 e. The van der Waals surface area contributed by atoms with Crippen LogP contribution in [-0.4, -0.2) is 26.1 Å². The Kier molecular flexibility index (Phi) is 4.98. The Morgan fingerprint density at radius 1 is 1.23 bits per heavy atom. The van der Waals surface area contributed by atoms with Gasteiger partial charge in [0.05, 0.1) is 17.8 Å². The summed E-state index contributed by atoms with van der Waals surface area (Å²) in [6.45, 7) is 5.45. The maximum Gasteiger partial charge on any atom is 0.170 e. The number of hydrogen-bond acceptors (Lipinski definition) is 2. The summed E-state index contributed by atoms with van der Waals surface area (Å²) in [5.41, 5.74) is 2.39. The summed E-state index contributed by atoms with van der Waals surface area (Å²) in [5.74, 6) is 0.552. The maximum atomic E-state index is 5.71. The van der Waals surface area contributed by atoms with E-state index in [1.54, 1.807) is 0 Å². The van der Waals surface area contributed by atoms with Gasteiger partial charge >= 0.3 is 0 Å². The smallest absolute Gasteiger partial charge is 0.170 e. The van der Waals surface area contributed by atoms with Crippen molar-refractivity contribution in [3.05, 3.63) is 54.1 Å². The van der Waals surface area contributed by atoms with Gasteiger partial charge in [-0.15, -0.1) is 0 Å². The summed E-state index contributed by atoms with van der Waals surface area (Å²) >= 11 is 5.71. The molecular formula is C21H28N4S. The third kappa shape index (κ3) is 3.37. The highest BCUT2D eigenvalue weighted by atomic mass is 32.1. The molecule has 2 aliphatic rings. The van der Waals surface area contributed by atoms with Gasteiger partial charge < -0.3 is 14.8 Å². The Labute approximate surface area is 161 Å². The van der Waals surface area contributed by atoms with Crippen LogP contribution >= 0.6 is 12.2 Å². The van der Waals surface area contributed by atoms with Gasteiger partial charge in [0, 0.05) is 31.2 Å². The first-order chi connectivity index (χ1) is 12.6. The molecule has 2 aromatic rings. The van der Waals surface area contributed by atoms with Crippen molar-refractivity contribution in [3.63, 3.8) is 0 Å². The standard InChI is InChI=1S/C21H28N4S/c1-15(2)13-25-20(16-10-12-24(14-16)17-7-3-4-8-17)19(23-21(25)26)18-9-5-6-11-22-18/h5-6,9-12,14-15,17,19-20H,3-4,7-8,13H2,1-2H3,(H,23,26). The van der Waals surface area contributed by atoms with Crippen molar-refractivity contribution in [2.75, 3.05) is 6.54 Å². The summed E-state index contributed by atoms with van der Waals surface area (Å²) < 4.78 is 2.42. The van der Waals surface area contributed by atoms with Gasteiger partial charge in [-0.05, 0) is 54.7 Å². The van der Waals surface area contributed by atoms with E-state index in [4.69, 9.17) is 12.2 Å².